The largest absolute Gasteiger partial charge is 0.369 e. The van der Waals surface area contributed by atoms with Crippen molar-refractivity contribution in [2.24, 2.45) is 0 Å². The Morgan fingerprint density at radius 2 is 2.14 bits per heavy atom. The van der Waals surface area contributed by atoms with E-state index in [1.807, 2.05) is 12.1 Å². The summed E-state index contributed by atoms with van der Waals surface area (Å²) in [5.74, 6) is -0.451. The summed E-state index contributed by atoms with van der Waals surface area (Å²) in [6, 6.07) is 8.99. The quantitative estimate of drug-likeness (QED) is 0.856. The first-order chi connectivity index (χ1) is 10.6. The highest BCUT2D eigenvalue weighted by molar-refractivity contribution is 6.33. The van der Waals surface area contributed by atoms with Crippen molar-refractivity contribution in [2.75, 3.05) is 18.0 Å². The van der Waals surface area contributed by atoms with E-state index in [-0.39, 0.29) is 0 Å². The molecule has 1 fully saturated rings. The van der Waals surface area contributed by atoms with Gasteiger partial charge in [-0.2, -0.15) is 4.39 Å². The van der Waals surface area contributed by atoms with Crippen LogP contribution in [0.5, 0.6) is 0 Å². The van der Waals surface area contributed by atoms with Crippen LogP contribution in [0.4, 0.5) is 10.1 Å². The second kappa shape index (κ2) is 6.82. The number of hydrogen-bond donors (Lipinski definition) is 1. The van der Waals surface area contributed by atoms with Gasteiger partial charge in [-0.15, -0.1) is 0 Å². The van der Waals surface area contributed by atoms with Gasteiger partial charge in [0, 0.05) is 35.7 Å². The molecule has 116 valence electrons. The first kappa shape index (κ1) is 15.5. The third-order valence-electron chi connectivity index (χ3n) is 3.85. The summed E-state index contributed by atoms with van der Waals surface area (Å²) >= 11 is 12.2. The van der Waals surface area contributed by atoms with Gasteiger partial charge in [0.05, 0.1) is 11.9 Å². The highest BCUT2D eigenvalue weighted by Crippen LogP contribution is 2.22. The number of aromatic nitrogens is 1. The molecule has 0 aliphatic carbocycles. The lowest BCUT2D eigenvalue weighted by Gasteiger charge is -2.18. The molecule has 1 saturated heterocycles. The van der Waals surface area contributed by atoms with Gasteiger partial charge in [-0.05, 0) is 42.3 Å². The van der Waals surface area contributed by atoms with Crippen LogP contribution in [0.15, 0.2) is 36.5 Å². The Morgan fingerprint density at radius 1 is 1.27 bits per heavy atom. The zero-order valence-electron chi connectivity index (χ0n) is 11.9. The summed E-state index contributed by atoms with van der Waals surface area (Å²) in [7, 11) is 0. The van der Waals surface area contributed by atoms with Gasteiger partial charge in [-0.3, -0.25) is 0 Å². The fourth-order valence-corrected chi connectivity index (χ4v) is 3.03. The maximum absolute atomic E-state index is 12.9. The average molecular weight is 340 g/mol. The highest BCUT2D eigenvalue weighted by Gasteiger charge is 2.22. The van der Waals surface area contributed by atoms with Gasteiger partial charge in [0.25, 0.3) is 0 Å². The fourth-order valence-electron chi connectivity index (χ4n) is 2.65. The SMILES string of the molecule is Fc1ccc(N2CC[C@H](NCc3cc(Cl)ccc3Cl)C2)cn1. The molecule has 1 aromatic carbocycles. The van der Waals surface area contributed by atoms with Crippen LogP contribution >= 0.6 is 23.2 Å². The third-order valence-corrected chi connectivity index (χ3v) is 4.46. The van der Waals surface area contributed by atoms with E-state index < -0.39 is 5.95 Å². The molecule has 3 rings (SSSR count). The van der Waals surface area contributed by atoms with Crippen molar-refractivity contribution in [1.29, 1.82) is 0 Å². The summed E-state index contributed by atoms with van der Waals surface area (Å²) in [4.78, 5) is 5.90. The molecule has 2 heterocycles. The molecule has 2 aromatic rings. The number of anilines is 1. The number of pyridine rings is 1. The van der Waals surface area contributed by atoms with Crippen molar-refractivity contribution >= 4 is 28.9 Å². The first-order valence-corrected chi connectivity index (χ1v) is 7.91. The Morgan fingerprint density at radius 3 is 2.91 bits per heavy atom. The number of nitrogens with one attached hydrogen (secondary N) is 1. The molecule has 1 aliphatic heterocycles. The third kappa shape index (κ3) is 3.69. The van der Waals surface area contributed by atoms with Gasteiger partial charge in [0.15, 0.2) is 0 Å². The number of halogens is 3. The van der Waals surface area contributed by atoms with Crippen molar-refractivity contribution in [3.05, 3.63) is 58.1 Å². The molecule has 1 atom stereocenters. The molecule has 22 heavy (non-hydrogen) atoms. The Balaban J connectivity index is 1.57. The predicted octanol–water partition coefficient (Wildman–Crippen LogP) is 3.90. The normalized spacial score (nSPS) is 18.0. The van der Waals surface area contributed by atoms with Crippen molar-refractivity contribution < 1.29 is 4.39 Å². The van der Waals surface area contributed by atoms with E-state index in [0.717, 1.165) is 35.8 Å². The van der Waals surface area contributed by atoms with Crippen LogP contribution in [-0.4, -0.2) is 24.1 Å². The van der Waals surface area contributed by atoms with Gasteiger partial charge in [0.1, 0.15) is 0 Å². The van der Waals surface area contributed by atoms with Crippen LogP contribution in [0.1, 0.15) is 12.0 Å². The second-order valence-corrected chi connectivity index (χ2v) is 6.23. The van der Waals surface area contributed by atoms with E-state index >= 15 is 0 Å². The number of rotatable bonds is 4. The van der Waals surface area contributed by atoms with Gasteiger partial charge in [-0.1, -0.05) is 23.2 Å². The molecule has 6 heteroatoms. The van der Waals surface area contributed by atoms with E-state index in [0.29, 0.717) is 17.6 Å². The zero-order chi connectivity index (χ0) is 15.5. The minimum absolute atomic E-state index is 0.361. The standard InChI is InChI=1S/C16H16Cl2FN3/c17-12-1-3-15(18)11(7-12)8-20-13-5-6-22(10-13)14-2-4-16(19)21-9-14/h1-4,7,9,13,20H,5-6,8,10H2/t13-/m0/s1. The molecular formula is C16H16Cl2FN3. The maximum Gasteiger partial charge on any atom is 0.212 e. The lowest BCUT2D eigenvalue weighted by Crippen LogP contribution is -2.32. The maximum atomic E-state index is 12.9. The average Bonchev–Trinajstić information content (AvgIpc) is 2.98. The summed E-state index contributed by atoms with van der Waals surface area (Å²) in [6.45, 7) is 2.47. The number of benzene rings is 1. The van der Waals surface area contributed by atoms with Gasteiger partial charge < -0.3 is 10.2 Å². The highest BCUT2D eigenvalue weighted by atomic mass is 35.5. The van der Waals surface area contributed by atoms with E-state index in [1.54, 1.807) is 18.3 Å². The molecule has 0 bridgehead atoms. The molecule has 0 spiro atoms. The van der Waals surface area contributed by atoms with Gasteiger partial charge in [0.2, 0.25) is 5.95 Å². The minimum atomic E-state index is -0.451. The Hall–Kier alpha value is -1.36. The molecule has 3 nitrogen and oxygen atoms in total. The zero-order valence-corrected chi connectivity index (χ0v) is 13.4. The van der Waals surface area contributed by atoms with Crippen LogP contribution in [0, 0.1) is 5.95 Å². The summed E-state index contributed by atoms with van der Waals surface area (Å²) in [5.41, 5.74) is 1.95. The van der Waals surface area contributed by atoms with Crippen LogP contribution in [0.3, 0.4) is 0 Å². The summed E-state index contributed by atoms with van der Waals surface area (Å²) < 4.78 is 12.9. The van der Waals surface area contributed by atoms with Crippen molar-refractivity contribution in [1.82, 2.24) is 10.3 Å². The first-order valence-electron chi connectivity index (χ1n) is 7.15. The summed E-state index contributed by atoms with van der Waals surface area (Å²) in [6.07, 6.45) is 2.60. The van der Waals surface area contributed by atoms with E-state index in [4.69, 9.17) is 23.2 Å². The monoisotopic (exact) mass is 339 g/mol. The van der Waals surface area contributed by atoms with Crippen molar-refractivity contribution in [3.8, 4) is 0 Å². The van der Waals surface area contributed by atoms with Crippen LogP contribution in [-0.2, 0) is 6.54 Å². The van der Waals surface area contributed by atoms with Crippen LogP contribution < -0.4 is 10.2 Å². The molecular weight excluding hydrogens is 324 g/mol. The molecule has 0 unspecified atom stereocenters. The molecule has 0 amide bonds. The van der Waals surface area contributed by atoms with Gasteiger partial charge >= 0.3 is 0 Å². The van der Waals surface area contributed by atoms with Crippen LogP contribution in [0.2, 0.25) is 10.0 Å². The summed E-state index contributed by atoms with van der Waals surface area (Å²) in [5, 5.41) is 4.90. The molecule has 1 aliphatic rings. The second-order valence-electron chi connectivity index (χ2n) is 5.39. The van der Waals surface area contributed by atoms with E-state index in [9.17, 15) is 4.39 Å². The topological polar surface area (TPSA) is 28.2 Å². The molecule has 1 N–H and O–H groups in total. The van der Waals surface area contributed by atoms with E-state index in [1.165, 1.54) is 6.07 Å². The van der Waals surface area contributed by atoms with Crippen molar-refractivity contribution in [3.63, 3.8) is 0 Å². The Kier molecular flexibility index (Phi) is 4.81. The lowest BCUT2D eigenvalue weighted by molar-refractivity contribution is 0.551. The van der Waals surface area contributed by atoms with Crippen molar-refractivity contribution in [2.45, 2.75) is 19.0 Å². The molecule has 0 saturated carbocycles. The number of hydrogen-bond acceptors (Lipinski definition) is 3. The van der Waals surface area contributed by atoms with Gasteiger partial charge in [-0.25, -0.2) is 4.98 Å². The Bertz CT molecular complexity index is 648. The van der Waals surface area contributed by atoms with E-state index in [2.05, 4.69) is 15.2 Å². The molecule has 0 radical (unpaired) electrons. The minimum Gasteiger partial charge on any atom is -0.369 e. The fraction of sp³-hybridized carbons (Fsp3) is 0.312. The lowest BCUT2D eigenvalue weighted by atomic mass is 10.2. The smallest absolute Gasteiger partial charge is 0.212 e. The predicted molar refractivity (Wildman–Crippen MR) is 88.1 cm³/mol. The molecule has 1 aromatic heterocycles. The van der Waals surface area contributed by atoms with Crippen LogP contribution in [0.25, 0.3) is 0 Å². The Labute approximate surface area is 139 Å². The number of nitrogens with zero attached hydrogens (tertiary/aromatic N) is 2.